The minimum absolute atomic E-state index is 0.185. The Morgan fingerprint density at radius 1 is 1.47 bits per heavy atom. The molecule has 2 N–H and O–H groups in total. The van der Waals surface area contributed by atoms with E-state index in [1.165, 1.54) is 6.33 Å². The van der Waals surface area contributed by atoms with E-state index < -0.39 is 0 Å². The third-order valence-electron chi connectivity index (χ3n) is 1.78. The number of aromatic nitrogens is 4. The highest BCUT2D eigenvalue weighted by atomic mass is 16.2. The Hall–Kier alpha value is -2.24. The summed E-state index contributed by atoms with van der Waals surface area (Å²) in [7, 11) is 0. The minimum atomic E-state index is -0.321. The molecule has 6 nitrogen and oxygen atoms in total. The SMILES string of the molecule is Cc1cc(NC(=O)c2ncn[nH]2)ccn1. The summed E-state index contributed by atoms with van der Waals surface area (Å²) < 4.78 is 0. The van der Waals surface area contributed by atoms with E-state index in [1.54, 1.807) is 18.3 Å². The molecule has 76 valence electrons. The first-order valence-electron chi connectivity index (χ1n) is 4.35. The fourth-order valence-corrected chi connectivity index (χ4v) is 1.13. The van der Waals surface area contributed by atoms with Crippen LogP contribution >= 0.6 is 0 Å². The fourth-order valence-electron chi connectivity index (χ4n) is 1.13. The summed E-state index contributed by atoms with van der Waals surface area (Å²) in [4.78, 5) is 19.3. The second-order valence-electron chi connectivity index (χ2n) is 2.97. The summed E-state index contributed by atoms with van der Waals surface area (Å²) in [6, 6.07) is 3.48. The predicted octanol–water partition coefficient (Wildman–Crippen LogP) is 0.760. The van der Waals surface area contributed by atoms with E-state index in [4.69, 9.17) is 0 Å². The molecule has 2 aromatic heterocycles. The minimum Gasteiger partial charge on any atom is -0.319 e. The Labute approximate surface area is 85.8 Å². The van der Waals surface area contributed by atoms with Crippen LogP contribution in [0, 0.1) is 6.92 Å². The lowest BCUT2D eigenvalue weighted by atomic mass is 10.3. The summed E-state index contributed by atoms with van der Waals surface area (Å²) in [5.74, 6) is -0.137. The van der Waals surface area contributed by atoms with Crippen LogP contribution in [0.4, 0.5) is 5.69 Å². The number of aromatic amines is 1. The van der Waals surface area contributed by atoms with Gasteiger partial charge in [-0.05, 0) is 19.1 Å². The predicted molar refractivity (Wildman–Crippen MR) is 53.3 cm³/mol. The zero-order valence-corrected chi connectivity index (χ0v) is 8.06. The summed E-state index contributed by atoms with van der Waals surface area (Å²) in [5.41, 5.74) is 1.52. The summed E-state index contributed by atoms with van der Waals surface area (Å²) in [5, 5.41) is 8.75. The number of amides is 1. The van der Waals surface area contributed by atoms with Crippen LogP contribution in [-0.2, 0) is 0 Å². The van der Waals surface area contributed by atoms with Crippen LogP contribution in [0.5, 0.6) is 0 Å². The topological polar surface area (TPSA) is 83.6 Å². The molecule has 0 aliphatic rings. The Morgan fingerprint density at radius 3 is 3.00 bits per heavy atom. The number of nitrogens with zero attached hydrogens (tertiary/aromatic N) is 3. The third-order valence-corrected chi connectivity index (χ3v) is 1.78. The first kappa shape index (κ1) is 9.32. The highest BCUT2D eigenvalue weighted by Crippen LogP contribution is 2.07. The molecule has 1 amide bonds. The molecule has 0 unspecified atom stereocenters. The Bertz CT molecular complexity index is 465. The van der Waals surface area contributed by atoms with E-state index in [9.17, 15) is 4.79 Å². The molecule has 2 rings (SSSR count). The van der Waals surface area contributed by atoms with Gasteiger partial charge in [-0.2, -0.15) is 5.10 Å². The van der Waals surface area contributed by atoms with E-state index in [1.807, 2.05) is 6.92 Å². The van der Waals surface area contributed by atoms with Crippen LogP contribution in [-0.4, -0.2) is 26.1 Å². The lowest BCUT2D eigenvalue weighted by Crippen LogP contribution is -2.13. The normalized spacial score (nSPS) is 9.93. The second kappa shape index (κ2) is 3.87. The highest BCUT2D eigenvalue weighted by molar-refractivity contribution is 6.01. The Morgan fingerprint density at radius 2 is 2.33 bits per heavy atom. The lowest BCUT2D eigenvalue weighted by Gasteiger charge is -2.02. The van der Waals surface area contributed by atoms with Gasteiger partial charge in [0.15, 0.2) is 0 Å². The van der Waals surface area contributed by atoms with Gasteiger partial charge in [-0.3, -0.25) is 14.9 Å². The standard InChI is InChI=1S/C9H9N5O/c1-6-4-7(2-3-10-6)13-9(15)8-11-5-12-14-8/h2-5H,1H3,(H,10,13,15)(H,11,12,14). The van der Waals surface area contributed by atoms with E-state index in [0.717, 1.165) is 5.69 Å². The average Bonchev–Trinajstić information content (AvgIpc) is 2.70. The van der Waals surface area contributed by atoms with Crippen LogP contribution in [0.1, 0.15) is 16.3 Å². The van der Waals surface area contributed by atoms with Crippen molar-refractivity contribution in [1.82, 2.24) is 20.2 Å². The number of anilines is 1. The van der Waals surface area contributed by atoms with E-state index >= 15 is 0 Å². The van der Waals surface area contributed by atoms with Gasteiger partial charge in [-0.1, -0.05) is 0 Å². The molecule has 2 heterocycles. The monoisotopic (exact) mass is 203 g/mol. The highest BCUT2D eigenvalue weighted by Gasteiger charge is 2.08. The number of pyridine rings is 1. The molecule has 0 aliphatic carbocycles. The summed E-state index contributed by atoms with van der Waals surface area (Å²) >= 11 is 0. The zero-order chi connectivity index (χ0) is 10.7. The van der Waals surface area contributed by atoms with Crippen LogP contribution in [0.25, 0.3) is 0 Å². The maximum absolute atomic E-state index is 11.5. The molecule has 6 heteroatoms. The van der Waals surface area contributed by atoms with E-state index in [-0.39, 0.29) is 11.7 Å². The largest absolute Gasteiger partial charge is 0.319 e. The Balaban J connectivity index is 2.13. The van der Waals surface area contributed by atoms with Crippen LogP contribution in [0.15, 0.2) is 24.7 Å². The van der Waals surface area contributed by atoms with Crippen molar-refractivity contribution in [3.8, 4) is 0 Å². The molecule has 2 aromatic rings. The first-order chi connectivity index (χ1) is 7.25. The quantitative estimate of drug-likeness (QED) is 0.754. The molecule has 0 aliphatic heterocycles. The van der Waals surface area contributed by atoms with Gasteiger partial charge in [0.1, 0.15) is 6.33 Å². The third kappa shape index (κ3) is 2.16. The maximum atomic E-state index is 11.5. The van der Waals surface area contributed by atoms with E-state index in [0.29, 0.717) is 5.69 Å². The average molecular weight is 203 g/mol. The number of H-pyrrole nitrogens is 1. The molecule has 0 radical (unpaired) electrons. The van der Waals surface area contributed by atoms with Gasteiger partial charge in [-0.15, -0.1) is 0 Å². The van der Waals surface area contributed by atoms with Crippen molar-refractivity contribution in [2.24, 2.45) is 0 Å². The number of hydrogen-bond donors (Lipinski definition) is 2. The molecule has 15 heavy (non-hydrogen) atoms. The van der Waals surface area contributed by atoms with Crippen LogP contribution in [0.3, 0.4) is 0 Å². The van der Waals surface area contributed by atoms with Gasteiger partial charge in [0.05, 0.1) is 0 Å². The van der Waals surface area contributed by atoms with Gasteiger partial charge in [-0.25, -0.2) is 4.98 Å². The second-order valence-corrected chi connectivity index (χ2v) is 2.97. The molecule has 0 bridgehead atoms. The Kier molecular flexibility index (Phi) is 2.40. The molecule has 0 saturated heterocycles. The van der Waals surface area contributed by atoms with Crippen molar-refractivity contribution in [2.45, 2.75) is 6.92 Å². The van der Waals surface area contributed by atoms with E-state index in [2.05, 4.69) is 25.5 Å². The smallest absolute Gasteiger partial charge is 0.292 e. The van der Waals surface area contributed by atoms with Gasteiger partial charge >= 0.3 is 0 Å². The number of carbonyl (C=O) groups is 1. The summed E-state index contributed by atoms with van der Waals surface area (Å²) in [6.07, 6.45) is 2.91. The van der Waals surface area contributed by atoms with Crippen molar-refractivity contribution < 1.29 is 4.79 Å². The molecular formula is C9H9N5O. The van der Waals surface area contributed by atoms with Crippen molar-refractivity contribution in [1.29, 1.82) is 0 Å². The molecule has 0 aromatic carbocycles. The molecule has 0 saturated carbocycles. The van der Waals surface area contributed by atoms with Gasteiger partial charge < -0.3 is 5.32 Å². The van der Waals surface area contributed by atoms with Crippen LogP contribution in [0.2, 0.25) is 0 Å². The van der Waals surface area contributed by atoms with Gasteiger partial charge in [0.2, 0.25) is 5.82 Å². The first-order valence-corrected chi connectivity index (χ1v) is 4.35. The lowest BCUT2D eigenvalue weighted by molar-refractivity contribution is 0.101. The van der Waals surface area contributed by atoms with Crippen molar-refractivity contribution in [2.75, 3.05) is 5.32 Å². The van der Waals surface area contributed by atoms with Crippen LogP contribution < -0.4 is 5.32 Å². The number of carbonyl (C=O) groups excluding carboxylic acids is 1. The molecular weight excluding hydrogens is 194 g/mol. The molecule has 0 atom stereocenters. The number of aryl methyl sites for hydroxylation is 1. The summed E-state index contributed by atoms with van der Waals surface area (Å²) in [6.45, 7) is 1.85. The van der Waals surface area contributed by atoms with Gasteiger partial charge in [0.25, 0.3) is 5.91 Å². The van der Waals surface area contributed by atoms with Crippen molar-refractivity contribution in [3.05, 3.63) is 36.2 Å². The maximum Gasteiger partial charge on any atom is 0.292 e. The van der Waals surface area contributed by atoms with Crippen molar-refractivity contribution in [3.63, 3.8) is 0 Å². The fraction of sp³-hybridized carbons (Fsp3) is 0.111. The molecule has 0 fully saturated rings. The number of rotatable bonds is 2. The number of hydrogen-bond acceptors (Lipinski definition) is 4. The number of nitrogens with one attached hydrogen (secondary N) is 2. The molecule has 0 spiro atoms. The van der Waals surface area contributed by atoms with Crippen molar-refractivity contribution >= 4 is 11.6 Å². The zero-order valence-electron chi connectivity index (χ0n) is 8.06. The van der Waals surface area contributed by atoms with Gasteiger partial charge in [0, 0.05) is 17.6 Å².